The molecule has 1 saturated heterocycles. The zero-order valence-corrected chi connectivity index (χ0v) is 19.9. The quantitative estimate of drug-likeness (QED) is 0.586. The summed E-state index contributed by atoms with van der Waals surface area (Å²) in [6, 6.07) is 10.5. The van der Waals surface area contributed by atoms with Crippen LogP contribution in [0.1, 0.15) is 62.3 Å². The zero-order chi connectivity index (χ0) is 22.5. The van der Waals surface area contributed by atoms with E-state index in [1.807, 2.05) is 26.2 Å². The Bertz CT molecular complexity index is 867. The van der Waals surface area contributed by atoms with Gasteiger partial charge in [0.25, 0.3) is 0 Å². The molecule has 0 saturated carbocycles. The number of pyridine rings is 1. The number of nitrogens with zero attached hydrogens (tertiary/aromatic N) is 2. The number of hydrogen-bond acceptors (Lipinski definition) is 3. The summed E-state index contributed by atoms with van der Waals surface area (Å²) in [5.74, 6) is 7.41. The average molecular weight is 418 g/mol. The van der Waals surface area contributed by atoms with Gasteiger partial charge in [0, 0.05) is 48.2 Å². The minimum atomic E-state index is 0.515. The topological polar surface area (TPSA) is 28.2 Å². The second-order valence-corrected chi connectivity index (χ2v) is 7.89. The van der Waals surface area contributed by atoms with E-state index >= 15 is 0 Å². The zero-order valence-electron chi connectivity index (χ0n) is 19.9. The largest absolute Gasteiger partial charge is 0.384 e. The highest BCUT2D eigenvalue weighted by atomic mass is 15.1. The minimum absolute atomic E-state index is 0.515. The van der Waals surface area contributed by atoms with Crippen LogP contribution in [0.15, 0.2) is 49.3 Å². The normalized spacial score (nSPS) is 14.1. The van der Waals surface area contributed by atoms with E-state index in [9.17, 15) is 0 Å². The number of rotatable bonds is 7. The van der Waals surface area contributed by atoms with Crippen molar-refractivity contribution >= 4 is 5.70 Å². The Labute approximate surface area is 190 Å². The molecule has 0 spiro atoms. The number of aromatic nitrogens is 1. The summed E-state index contributed by atoms with van der Waals surface area (Å²) >= 11 is 0. The summed E-state index contributed by atoms with van der Waals surface area (Å²) in [7, 11) is 0. The molecule has 31 heavy (non-hydrogen) atoms. The van der Waals surface area contributed by atoms with E-state index in [0.717, 1.165) is 68.7 Å². The highest BCUT2D eigenvalue weighted by Gasteiger charge is 2.17. The molecular weight excluding hydrogens is 378 g/mol. The number of piperidine rings is 1. The maximum atomic E-state index is 4.28. The van der Waals surface area contributed by atoms with Crippen molar-refractivity contribution in [1.82, 2.24) is 15.2 Å². The van der Waals surface area contributed by atoms with E-state index in [1.54, 1.807) is 0 Å². The van der Waals surface area contributed by atoms with Crippen molar-refractivity contribution in [3.63, 3.8) is 0 Å². The van der Waals surface area contributed by atoms with Crippen molar-refractivity contribution < 1.29 is 0 Å². The molecule has 3 nitrogen and oxygen atoms in total. The predicted molar refractivity (Wildman–Crippen MR) is 134 cm³/mol. The minimum Gasteiger partial charge on any atom is -0.384 e. The molecule has 2 aromatic rings. The fourth-order valence-electron chi connectivity index (χ4n) is 3.84. The fraction of sp³-hybridized carbons (Fsp3) is 0.464. The smallest absolute Gasteiger partial charge is 0.0363 e. The van der Waals surface area contributed by atoms with Gasteiger partial charge in [0.15, 0.2) is 0 Å². The third kappa shape index (κ3) is 7.89. The Hall–Kier alpha value is -2.57. The fourth-order valence-corrected chi connectivity index (χ4v) is 3.84. The molecule has 1 aromatic heterocycles. The number of hydrogen-bond donors (Lipinski definition) is 1. The second kappa shape index (κ2) is 13.7. The van der Waals surface area contributed by atoms with Gasteiger partial charge in [-0.2, -0.15) is 0 Å². The van der Waals surface area contributed by atoms with Crippen LogP contribution in [0.3, 0.4) is 0 Å². The molecule has 0 unspecified atom stereocenters. The lowest BCUT2D eigenvalue weighted by molar-refractivity contribution is 0.209. The maximum Gasteiger partial charge on any atom is 0.0363 e. The van der Waals surface area contributed by atoms with Crippen LogP contribution < -0.4 is 5.32 Å². The van der Waals surface area contributed by atoms with Gasteiger partial charge in [0.2, 0.25) is 0 Å². The van der Waals surface area contributed by atoms with Crippen LogP contribution in [0.25, 0.3) is 5.70 Å². The molecule has 1 fully saturated rings. The summed E-state index contributed by atoms with van der Waals surface area (Å²) in [5.41, 5.74) is 5.89. The van der Waals surface area contributed by atoms with E-state index in [-0.39, 0.29) is 0 Å². The summed E-state index contributed by atoms with van der Waals surface area (Å²) in [4.78, 5) is 6.81. The Morgan fingerprint density at radius 3 is 2.65 bits per heavy atom. The lowest BCUT2D eigenvalue weighted by Gasteiger charge is -2.30. The van der Waals surface area contributed by atoms with Crippen LogP contribution in [0.2, 0.25) is 0 Å². The van der Waals surface area contributed by atoms with Crippen LogP contribution in [0, 0.1) is 24.7 Å². The highest BCUT2D eigenvalue weighted by molar-refractivity contribution is 5.63. The summed E-state index contributed by atoms with van der Waals surface area (Å²) in [5, 5.41) is 3.51. The van der Waals surface area contributed by atoms with Crippen molar-refractivity contribution in [2.75, 3.05) is 26.2 Å². The Kier molecular flexibility index (Phi) is 10.9. The molecule has 1 aliphatic rings. The van der Waals surface area contributed by atoms with E-state index in [2.05, 4.69) is 77.8 Å². The molecule has 166 valence electrons. The Morgan fingerprint density at radius 1 is 1.19 bits per heavy atom. The average Bonchev–Trinajstić information content (AvgIpc) is 2.81. The number of benzene rings is 1. The van der Waals surface area contributed by atoms with E-state index in [0.29, 0.717) is 5.92 Å². The summed E-state index contributed by atoms with van der Waals surface area (Å²) < 4.78 is 0. The van der Waals surface area contributed by atoms with Crippen molar-refractivity contribution in [3.8, 4) is 11.8 Å². The molecule has 0 radical (unpaired) electrons. The molecule has 2 heterocycles. The first-order valence-electron chi connectivity index (χ1n) is 11.8. The van der Waals surface area contributed by atoms with Crippen LogP contribution in [0.5, 0.6) is 0 Å². The standard InChI is InChI=1S/C26H33N3.C2H6/c1-4-7-25-12-15-27-20-26(25)22(3)28-16-19-29-17-13-23(14-18-29)10-11-24-9-6-5-8-21(24)2;1-2/h5-6,8-9,12,15,20,23,28H,3-4,7,13-14,16-19H2,1-2H3;1-2H3. The highest BCUT2D eigenvalue weighted by Crippen LogP contribution is 2.18. The number of likely N-dealkylation sites (tertiary alicyclic amines) is 1. The summed E-state index contributed by atoms with van der Waals surface area (Å²) in [6.07, 6.45) is 8.31. The molecule has 0 atom stereocenters. The number of aryl methyl sites for hydroxylation is 2. The monoisotopic (exact) mass is 417 g/mol. The third-order valence-electron chi connectivity index (χ3n) is 5.67. The lowest BCUT2D eigenvalue weighted by Crippen LogP contribution is -2.37. The molecule has 1 aliphatic heterocycles. The summed E-state index contributed by atoms with van der Waals surface area (Å²) in [6.45, 7) is 16.8. The molecule has 3 heteroatoms. The van der Waals surface area contributed by atoms with Crippen molar-refractivity contribution in [3.05, 3.63) is 71.6 Å². The van der Waals surface area contributed by atoms with Gasteiger partial charge in [-0.1, -0.05) is 63.8 Å². The van der Waals surface area contributed by atoms with Gasteiger partial charge < -0.3 is 10.2 Å². The SMILES string of the molecule is C=C(NCCN1CCC(C#Cc2ccccc2C)CC1)c1cnccc1CCC.CC. The second-order valence-electron chi connectivity index (χ2n) is 7.89. The van der Waals surface area contributed by atoms with Crippen molar-refractivity contribution in [2.24, 2.45) is 5.92 Å². The molecule has 0 amide bonds. The van der Waals surface area contributed by atoms with E-state index in [1.165, 1.54) is 11.1 Å². The van der Waals surface area contributed by atoms with Crippen molar-refractivity contribution in [2.45, 2.75) is 53.4 Å². The van der Waals surface area contributed by atoms with E-state index in [4.69, 9.17) is 0 Å². The Balaban J connectivity index is 0.00000166. The van der Waals surface area contributed by atoms with Crippen LogP contribution >= 0.6 is 0 Å². The van der Waals surface area contributed by atoms with Gasteiger partial charge in [-0.15, -0.1) is 0 Å². The van der Waals surface area contributed by atoms with Crippen LogP contribution in [-0.4, -0.2) is 36.1 Å². The van der Waals surface area contributed by atoms with Gasteiger partial charge >= 0.3 is 0 Å². The maximum absolute atomic E-state index is 4.28. The number of nitrogens with one attached hydrogen (secondary N) is 1. The third-order valence-corrected chi connectivity index (χ3v) is 5.67. The molecule has 0 bridgehead atoms. The lowest BCUT2D eigenvalue weighted by atomic mass is 9.96. The van der Waals surface area contributed by atoms with Gasteiger partial charge in [0.1, 0.15) is 0 Å². The van der Waals surface area contributed by atoms with Gasteiger partial charge in [-0.25, -0.2) is 0 Å². The molecule has 0 aliphatic carbocycles. The first kappa shape index (κ1) is 24.7. The molecule has 1 N–H and O–H groups in total. The van der Waals surface area contributed by atoms with Crippen LogP contribution in [-0.2, 0) is 6.42 Å². The molecule has 3 rings (SSSR count). The van der Waals surface area contributed by atoms with Gasteiger partial charge in [-0.3, -0.25) is 4.98 Å². The molecular formula is C28H39N3. The predicted octanol–water partition coefficient (Wildman–Crippen LogP) is 5.69. The van der Waals surface area contributed by atoms with Crippen molar-refractivity contribution in [1.29, 1.82) is 0 Å². The van der Waals surface area contributed by atoms with Gasteiger partial charge in [0.05, 0.1) is 0 Å². The van der Waals surface area contributed by atoms with Crippen LogP contribution in [0.4, 0.5) is 0 Å². The first-order chi connectivity index (χ1) is 15.2. The Morgan fingerprint density at radius 2 is 1.94 bits per heavy atom. The van der Waals surface area contributed by atoms with E-state index < -0.39 is 0 Å². The van der Waals surface area contributed by atoms with Gasteiger partial charge in [-0.05, 0) is 62.5 Å². The first-order valence-corrected chi connectivity index (χ1v) is 11.8. The molecule has 1 aromatic carbocycles.